The first kappa shape index (κ1) is 24.8. The lowest BCUT2D eigenvalue weighted by molar-refractivity contribution is -0.131. The van der Waals surface area contributed by atoms with E-state index in [-0.39, 0.29) is 17.9 Å². The Kier molecular flexibility index (Phi) is 8.89. The predicted octanol–water partition coefficient (Wildman–Crippen LogP) is 3.66. The van der Waals surface area contributed by atoms with Crippen molar-refractivity contribution >= 4 is 11.8 Å². The molecule has 1 aliphatic heterocycles. The molecule has 1 atom stereocenters. The fourth-order valence-electron chi connectivity index (χ4n) is 4.19. The van der Waals surface area contributed by atoms with E-state index in [9.17, 15) is 9.59 Å². The van der Waals surface area contributed by atoms with Crippen LogP contribution in [0, 0.1) is 13.8 Å². The van der Waals surface area contributed by atoms with Crippen LogP contribution in [0.5, 0.6) is 5.75 Å². The number of benzene rings is 2. The number of hydrogen-bond donors (Lipinski definition) is 1. The highest BCUT2D eigenvalue weighted by atomic mass is 16.5. The van der Waals surface area contributed by atoms with Gasteiger partial charge in [-0.15, -0.1) is 0 Å². The van der Waals surface area contributed by atoms with Crippen molar-refractivity contribution in [2.24, 2.45) is 0 Å². The largest absolute Gasteiger partial charge is 0.497 e. The molecule has 33 heavy (non-hydrogen) atoms. The van der Waals surface area contributed by atoms with Crippen molar-refractivity contribution in [2.45, 2.75) is 46.1 Å². The molecule has 0 saturated carbocycles. The van der Waals surface area contributed by atoms with E-state index < -0.39 is 0 Å². The number of nitrogens with zero attached hydrogens (tertiary/aromatic N) is 2. The normalized spacial score (nSPS) is 15.6. The number of carbonyl (C=O) groups excluding carboxylic acids is 2. The lowest BCUT2D eigenvalue weighted by Crippen LogP contribution is -2.40. The van der Waals surface area contributed by atoms with Gasteiger partial charge >= 0.3 is 0 Å². The first-order valence-electron chi connectivity index (χ1n) is 11.9. The Morgan fingerprint density at radius 3 is 2.45 bits per heavy atom. The van der Waals surface area contributed by atoms with Gasteiger partial charge in [0.1, 0.15) is 5.75 Å². The third kappa shape index (κ3) is 7.32. The van der Waals surface area contributed by atoms with E-state index >= 15 is 0 Å². The van der Waals surface area contributed by atoms with E-state index in [0.29, 0.717) is 19.5 Å². The zero-order chi connectivity index (χ0) is 23.8. The summed E-state index contributed by atoms with van der Waals surface area (Å²) >= 11 is 0. The van der Waals surface area contributed by atoms with E-state index in [1.165, 1.54) is 11.1 Å². The summed E-state index contributed by atoms with van der Waals surface area (Å²) in [5, 5.41) is 3.12. The highest BCUT2D eigenvalue weighted by molar-refractivity contribution is 5.78. The minimum Gasteiger partial charge on any atom is -0.497 e. The molecular weight excluding hydrogens is 414 g/mol. The van der Waals surface area contributed by atoms with Crippen LogP contribution in [-0.2, 0) is 16.0 Å². The summed E-state index contributed by atoms with van der Waals surface area (Å²) in [6, 6.07) is 14.2. The van der Waals surface area contributed by atoms with Crippen LogP contribution >= 0.6 is 0 Å². The smallest absolute Gasteiger partial charge is 0.234 e. The lowest BCUT2D eigenvalue weighted by Gasteiger charge is -2.23. The minimum atomic E-state index is -0.0280. The van der Waals surface area contributed by atoms with Crippen LogP contribution in [0.1, 0.15) is 48.1 Å². The van der Waals surface area contributed by atoms with Crippen molar-refractivity contribution in [1.82, 2.24) is 15.1 Å². The summed E-state index contributed by atoms with van der Waals surface area (Å²) in [7, 11) is 1.65. The standard InChI is InChI=1S/C27H37N3O3/c1-20-6-10-24(18-21(20)2)22(3)28-26(31)19-29-14-5-15-30(17-16-29)27(32)13-9-23-7-11-25(33-4)12-8-23/h6-8,10-12,18,22H,5,9,13-17,19H2,1-4H3,(H,28,31). The minimum absolute atomic E-state index is 0.0278. The Balaban J connectivity index is 1.43. The maximum Gasteiger partial charge on any atom is 0.234 e. The van der Waals surface area contributed by atoms with E-state index in [0.717, 1.165) is 49.4 Å². The summed E-state index contributed by atoms with van der Waals surface area (Å²) in [4.78, 5) is 29.5. The molecule has 2 aromatic rings. The Morgan fingerprint density at radius 2 is 1.76 bits per heavy atom. The molecular formula is C27H37N3O3. The topological polar surface area (TPSA) is 61.9 Å². The van der Waals surface area contributed by atoms with Crippen molar-refractivity contribution in [3.05, 3.63) is 64.7 Å². The van der Waals surface area contributed by atoms with E-state index in [2.05, 4.69) is 42.3 Å². The van der Waals surface area contributed by atoms with Gasteiger partial charge < -0.3 is 15.0 Å². The van der Waals surface area contributed by atoms with Gasteiger partial charge in [-0.3, -0.25) is 14.5 Å². The molecule has 1 aliphatic rings. The van der Waals surface area contributed by atoms with Gasteiger partial charge in [-0.25, -0.2) is 0 Å². The van der Waals surface area contributed by atoms with Crippen molar-refractivity contribution in [2.75, 3.05) is 39.8 Å². The summed E-state index contributed by atoms with van der Waals surface area (Å²) in [6.07, 6.45) is 2.11. The van der Waals surface area contributed by atoms with Crippen LogP contribution in [-0.4, -0.2) is 61.4 Å². The molecule has 6 nitrogen and oxygen atoms in total. The maximum atomic E-state index is 12.7. The number of aryl methyl sites for hydroxylation is 3. The van der Waals surface area contributed by atoms with Gasteiger partial charge in [-0.1, -0.05) is 30.3 Å². The van der Waals surface area contributed by atoms with Gasteiger partial charge in [0.15, 0.2) is 0 Å². The van der Waals surface area contributed by atoms with Gasteiger partial charge in [0.05, 0.1) is 19.7 Å². The second kappa shape index (κ2) is 11.8. The summed E-state index contributed by atoms with van der Waals surface area (Å²) in [5.41, 5.74) is 4.74. The first-order valence-corrected chi connectivity index (χ1v) is 11.9. The molecule has 0 aliphatic carbocycles. The number of methoxy groups -OCH3 is 1. The Labute approximate surface area is 197 Å². The van der Waals surface area contributed by atoms with Crippen LogP contribution in [0.15, 0.2) is 42.5 Å². The van der Waals surface area contributed by atoms with Crippen LogP contribution in [0.4, 0.5) is 0 Å². The zero-order valence-corrected chi connectivity index (χ0v) is 20.4. The van der Waals surface area contributed by atoms with Gasteiger partial charge in [-0.05, 0) is 68.0 Å². The molecule has 1 N–H and O–H groups in total. The van der Waals surface area contributed by atoms with Crippen LogP contribution < -0.4 is 10.1 Å². The molecule has 0 spiro atoms. The van der Waals surface area contributed by atoms with E-state index in [1.54, 1.807) is 7.11 Å². The molecule has 0 aromatic heterocycles. The number of carbonyl (C=O) groups is 2. The first-order chi connectivity index (χ1) is 15.9. The molecule has 1 saturated heterocycles. The van der Waals surface area contributed by atoms with Gasteiger partial charge in [0, 0.05) is 32.6 Å². The van der Waals surface area contributed by atoms with Crippen molar-refractivity contribution in [1.29, 1.82) is 0 Å². The van der Waals surface area contributed by atoms with Crippen molar-refractivity contribution < 1.29 is 14.3 Å². The average molecular weight is 452 g/mol. The fourth-order valence-corrected chi connectivity index (χ4v) is 4.19. The number of nitrogens with one attached hydrogen (secondary N) is 1. The molecule has 6 heteroatoms. The average Bonchev–Trinajstić information content (AvgIpc) is 3.05. The van der Waals surface area contributed by atoms with Gasteiger partial charge in [-0.2, -0.15) is 0 Å². The lowest BCUT2D eigenvalue weighted by atomic mass is 10.0. The fraction of sp³-hybridized carbons (Fsp3) is 0.481. The third-order valence-electron chi connectivity index (χ3n) is 6.50. The molecule has 0 radical (unpaired) electrons. The molecule has 3 rings (SSSR count). The van der Waals surface area contributed by atoms with E-state index in [1.807, 2.05) is 36.1 Å². The molecule has 1 heterocycles. The highest BCUT2D eigenvalue weighted by Gasteiger charge is 2.21. The van der Waals surface area contributed by atoms with Crippen LogP contribution in [0.2, 0.25) is 0 Å². The van der Waals surface area contributed by atoms with Crippen LogP contribution in [0.3, 0.4) is 0 Å². The quantitative estimate of drug-likeness (QED) is 0.666. The molecule has 2 amide bonds. The van der Waals surface area contributed by atoms with Gasteiger partial charge in [0.2, 0.25) is 11.8 Å². The molecule has 1 unspecified atom stereocenters. The number of amides is 2. The Bertz CT molecular complexity index is 942. The SMILES string of the molecule is COc1ccc(CCC(=O)N2CCCN(CC(=O)NC(C)c3ccc(C)c(C)c3)CC2)cc1. The van der Waals surface area contributed by atoms with E-state index in [4.69, 9.17) is 4.74 Å². The summed E-state index contributed by atoms with van der Waals surface area (Å²) in [5.74, 6) is 1.03. The maximum absolute atomic E-state index is 12.7. The van der Waals surface area contributed by atoms with Crippen molar-refractivity contribution in [3.63, 3.8) is 0 Å². The Morgan fingerprint density at radius 1 is 1.00 bits per heavy atom. The molecule has 2 aromatic carbocycles. The summed E-state index contributed by atoms with van der Waals surface area (Å²) < 4.78 is 5.19. The van der Waals surface area contributed by atoms with Crippen LogP contribution in [0.25, 0.3) is 0 Å². The highest BCUT2D eigenvalue weighted by Crippen LogP contribution is 2.17. The second-order valence-corrected chi connectivity index (χ2v) is 8.99. The number of hydrogen-bond acceptors (Lipinski definition) is 4. The van der Waals surface area contributed by atoms with Crippen molar-refractivity contribution in [3.8, 4) is 5.75 Å². The number of rotatable bonds is 8. The Hall–Kier alpha value is -2.86. The second-order valence-electron chi connectivity index (χ2n) is 8.99. The van der Waals surface area contributed by atoms with Gasteiger partial charge in [0.25, 0.3) is 0 Å². The monoisotopic (exact) mass is 451 g/mol. The molecule has 0 bridgehead atoms. The molecule has 1 fully saturated rings. The third-order valence-corrected chi connectivity index (χ3v) is 6.50. The number of ether oxygens (including phenoxy) is 1. The zero-order valence-electron chi connectivity index (χ0n) is 20.4. The molecule has 178 valence electrons. The summed E-state index contributed by atoms with van der Waals surface area (Å²) in [6.45, 7) is 9.54. The predicted molar refractivity (Wildman–Crippen MR) is 131 cm³/mol.